The van der Waals surface area contributed by atoms with Gasteiger partial charge in [-0.1, -0.05) is 87.2 Å². The van der Waals surface area contributed by atoms with E-state index in [9.17, 15) is 4.79 Å². The van der Waals surface area contributed by atoms with Crippen molar-refractivity contribution >= 4 is 5.91 Å². The van der Waals surface area contributed by atoms with Crippen LogP contribution in [0.25, 0.3) is 11.1 Å². The fourth-order valence-electron chi connectivity index (χ4n) is 2.91. The molecule has 0 radical (unpaired) electrons. The summed E-state index contributed by atoms with van der Waals surface area (Å²) in [5, 5.41) is 0. The first-order valence-electron chi connectivity index (χ1n) is 8.17. The van der Waals surface area contributed by atoms with Gasteiger partial charge in [0.15, 0.2) is 0 Å². The van der Waals surface area contributed by atoms with Crippen LogP contribution >= 0.6 is 0 Å². The summed E-state index contributed by atoms with van der Waals surface area (Å²) >= 11 is 0. The Morgan fingerprint density at radius 2 is 1.64 bits per heavy atom. The summed E-state index contributed by atoms with van der Waals surface area (Å²) in [6.45, 7) is 2.19. The molecule has 2 aromatic rings. The molecule has 0 fully saturated rings. The largest absolute Gasteiger partial charge is 0.369 e. The van der Waals surface area contributed by atoms with Crippen LogP contribution in [0, 0.1) is 0 Å². The van der Waals surface area contributed by atoms with Gasteiger partial charge in [0.2, 0.25) is 5.91 Å². The van der Waals surface area contributed by atoms with Crippen molar-refractivity contribution in [2.24, 2.45) is 5.73 Å². The van der Waals surface area contributed by atoms with Gasteiger partial charge in [0.05, 0.1) is 5.92 Å². The van der Waals surface area contributed by atoms with Crippen LogP contribution in [0.4, 0.5) is 0 Å². The molecular formula is C20H25NO. The summed E-state index contributed by atoms with van der Waals surface area (Å²) in [6, 6.07) is 18.3. The molecule has 2 aromatic carbocycles. The molecule has 0 saturated carbocycles. The van der Waals surface area contributed by atoms with E-state index in [1.807, 2.05) is 36.4 Å². The van der Waals surface area contributed by atoms with E-state index >= 15 is 0 Å². The van der Waals surface area contributed by atoms with E-state index < -0.39 is 0 Å². The number of primary amides is 1. The predicted octanol–water partition coefficient (Wildman–Crippen LogP) is 4.89. The summed E-state index contributed by atoms with van der Waals surface area (Å²) in [5.74, 6) is -0.423. The smallest absolute Gasteiger partial charge is 0.224 e. The summed E-state index contributed by atoms with van der Waals surface area (Å²) in [4.78, 5) is 12.0. The van der Waals surface area contributed by atoms with Gasteiger partial charge < -0.3 is 5.73 Å². The molecule has 2 nitrogen and oxygen atoms in total. The average Bonchev–Trinajstić information content (AvgIpc) is 2.55. The zero-order valence-corrected chi connectivity index (χ0v) is 13.3. The van der Waals surface area contributed by atoms with Crippen molar-refractivity contribution in [2.45, 2.75) is 44.9 Å². The van der Waals surface area contributed by atoms with Crippen molar-refractivity contribution < 1.29 is 4.79 Å². The molecule has 0 bridgehead atoms. The lowest BCUT2D eigenvalue weighted by atomic mass is 9.86. The molecule has 0 aliphatic heterocycles. The number of nitrogens with two attached hydrogens (primary N) is 1. The number of unbranched alkanes of at least 4 members (excludes halogenated alkanes) is 3. The molecule has 0 aliphatic rings. The van der Waals surface area contributed by atoms with Crippen LogP contribution in [0.3, 0.4) is 0 Å². The fraction of sp³-hybridized carbons (Fsp3) is 0.350. The van der Waals surface area contributed by atoms with E-state index in [0.717, 1.165) is 36.0 Å². The van der Waals surface area contributed by atoms with Crippen LogP contribution in [0.15, 0.2) is 54.6 Å². The number of carbonyl (C=O) groups is 1. The predicted molar refractivity (Wildman–Crippen MR) is 92.6 cm³/mol. The van der Waals surface area contributed by atoms with Gasteiger partial charge in [-0.25, -0.2) is 0 Å². The molecule has 0 saturated heterocycles. The fourth-order valence-corrected chi connectivity index (χ4v) is 2.91. The zero-order chi connectivity index (χ0) is 15.8. The monoisotopic (exact) mass is 295 g/mol. The highest BCUT2D eigenvalue weighted by Crippen LogP contribution is 2.32. The van der Waals surface area contributed by atoms with Crippen LogP contribution in [-0.4, -0.2) is 5.91 Å². The maximum Gasteiger partial charge on any atom is 0.224 e. The van der Waals surface area contributed by atoms with Crippen molar-refractivity contribution in [3.05, 3.63) is 60.2 Å². The lowest BCUT2D eigenvalue weighted by molar-refractivity contribution is -0.119. The van der Waals surface area contributed by atoms with Gasteiger partial charge >= 0.3 is 0 Å². The minimum absolute atomic E-state index is 0.201. The van der Waals surface area contributed by atoms with Crippen LogP contribution in [0.5, 0.6) is 0 Å². The van der Waals surface area contributed by atoms with Gasteiger partial charge in [-0.05, 0) is 23.1 Å². The number of hydrogen-bond donors (Lipinski definition) is 1. The second-order valence-electron chi connectivity index (χ2n) is 5.76. The highest BCUT2D eigenvalue weighted by atomic mass is 16.1. The third-order valence-electron chi connectivity index (χ3n) is 4.11. The van der Waals surface area contributed by atoms with Gasteiger partial charge in [0, 0.05) is 0 Å². The van der Waals surface area contributed by atoms with Crippen LogP contribution in [-0.2, 0) is 4.79 Å². The van der Waals surface area contributed by atoms with Crippen molar-refractivity contribution in [3.63, 3.8) is 0 Å². The Morgan fingerprint density at radius 1 is 0.955 bits per heavy atom. The molecule has 2 heteroatoms. The lowest BCUT2D eigenvalue weighted by Gasteiger charge is -2.18. The molecule has 2 N–H and O–H groups in total. The molecule has 0 aliphatic carbocycles. The van der Waals surface area contributed by atoms with E-state index in [0.29, 0.717) is 0 Å². The molecule has 22 heavy (non-hydrogen) atoms. The first-order chi connectivity index (χ1) is 10.7. The van der Waals surface area contributed by atoms with Crippen molar-refractivity contribution in [1.29, 1.82) is 0 Å². The van der Waals surface area contributed by atoms with Gasteiger partial charge in [-0.15, -0.1) is 0 Å². The van der Waals surface area contributed by atoms with E-state index in [2.05, 4.69) is 25.1 Å². The highest BCUT2D eigenvalue weighted by molar-refractivity contribution is 5.85. The standard InChI is InChI=1S/C20H25NO/c1-2-3-4-8-15-19(20(21)22)18-14-10-9-13-17(18)16-11-6-5-7-12-16/h5-7,9-14,19H,2-4,8,15H2,1H3,(H2,21,22). The number of hydrogen-bond acceptors (Lipinski definition) is 1. The van der Waals surface area contributed by atoms with Crippen LogP contribution in [0.2, 0.25) is 0 Å². The second kappa shape index (κ2) is 8.38. The maximum atomic E-state index is 12.0. The Kier molecular flexibility index (Phi) is 6.20. The number of rotatable bonds is 8. The average molecular weight is 295 g/mol. The van der Waals surface area contributed by atoms with Gasteiger partial charge in [-0.2, -0.15) is 0 Å². The topological polar surface area (TPSA) is 43.1 Å². The van der Waals surface area contributed by atoms with E-state index in [4.69, 9.17) is 5.73 Å². The minimum atomic E-state index is -0.222. The third kappa shape index (κ3) is 4.20. The Hall–Kier alpha value is -2.09. The molecule has 0 spiro atoms. The third-order valence-corrected chi connectivity index (χ3v) is 4.11. The molecule has 1 unspecified atom stereocenters. The van der Waals surface area contributed by atoms with Crippen molar-refractivity contribution in [3.8, 4) is 11.1 Å². The SMILES string of the molecule is CCCCCCC(C(N)=O)c1ccccc1-c1ccccc1. The van der Waals surface area contributed by atoms with Gasteiger partial charge in [0.1, 0.15) is 0 Å². The maximum absolute atomic E-state index is 12.0. The van der Waals surface area contributed by atoms with Crippen LogP contribution < -0.4 is 5.73 Å². The molecule has 116 valence electrons. The summed E-state index contributed by atoms with van der Waals surface area (Å²) in [7, 11) is 0. The Labute approximate surface area is 133 Å². The first-order valence-corrected chi connectivity index (χ1v) is 8.17. The first kappa shape index (κ1) is 16.3. The molecule has 1 amide bonds. The quantitative estimate of drug-likeness (QED) is 0.692. The number of amides is 1. The molecule has 0 heterocycles. The Bertz CT molecular complexity index is 592. The summed E-state index contributed by atoms with van der Waals surface area (Å²) in [6.07, 6.45) is 5.45. The normalized spacial score (nSPS) is 12.0. The van der Waals surface area contributed by atoms with Crippen molar-refractivity contribution in [1.82, 2.24) is 0 Å². The van der Waals surface area contributed by atoms with Crippen LogP contribution in [0.1, 0.15) is 50.5 Å². The molecule has 1 atom stereocenters. The van der Waals surface area contributed by atoms with E-state index in [1.165, 1.54) is 12.8 Å². The number of carbonyl (C=O) groups excluding carboxylic acids is 1. The molecule has 2 rings (SSSR count). The van der Waals surface area contributed by atoms with Gasteiger partial charge in [-0.3, -0.25) is 4.79 Å². The molecular weight excluding hydrogens is 270 g/mol. The van der Waals surface area contributed by atoms with Crippen molar-refractivity contribution in [2.75, 3.05) is 0 Å². The number of benzene rings is 2. The summed E-state index contributed by atoms with van der Waals surface area (Å²) < 4.78 is 0. The minimum Gasteiger partial charge on any atom is -0.369 e. The summed E-state index contributed by atoms with van der Waals surface area (Å²) in [5.41, 5.74) is 9.00. The lowest BCUT2D eigenvalue weighted by Crippen LogP contribution is -2.22. The molecule has 0 aromatic heterocycles. The van der Waals surface area contributed by atoms with Gasteiger partial charge in [0.25, 0.3) is 0 Å². The highest BCUT2D eigenvalue weighted by Gasteiger charge is 2.20. The van der Waals surface area contributed by atoms with E-state index in [-0.39, 0.29) is 11.8 Å². The van der Waals surface area contributed by atoms with E-state index in [1.54, 1.807) is 0 Å². The zero-order valence-electron chi connectivity index (χ0n) is 13.3. The Balaban J connectivity index is 2.26. The second-order valence-corrected chi connectivity index (χ2v) is 5.76. The Morgan fingerprint density at radius 3 is 2.32 bits per heavy atom.